The molecule has 2 N–H and O–H groups in total. The molecule has 130 valence electrons. The van der Waals surface area contributed by atoms with Gasteiger partial charge in [-0.25, -0.2) is 0 Å². The van der Waals surface area contributed by atoms with Gasteiger partial charge in [0.05, 0.1) is 5.56 Å². The first-order valence-corrected chi connectivity index (χ1v) is 8.78. The Morgan fingerprint density at radius 2 is 1.76 bits per heavy atom. The van der Waals surface area contributed by atoms with Crippen LogP contribution in [0.2, 0.25) is 0 Å². The number of nitrogens with zero attached hydrogens (tertiary/aromatic N) is 1. The SMILES string of the molecule is Cc1[nH]c2ccccc2c1C(=O)NCCCCN(C)c1ccccc1. The quantitative estimate of drug-likeness (QED) is 0.638. The van der Waals surface area contributed by atoms with E-state index in [0.717, 1.165) is 41.5 Å². The topological polar surface area (TPSA) is 48.1 Å². The highest BCUT2D eigenvalue weighted by molar-refractivity contribution is 6.08. The van der Waals surface area contributed by atoms with Gasteiger partial charge in [0.2, 0.25) is 0 Å². The minimum absolute atomic E-state index is 0.00589. The molecular weight excluding hydrogens is 310 g/mol. The third-order valence-electron chi connectivity index (χ3n) is 4.52. The number of amides is 1. The number of benzene rings is 2. The van der Waals surface area contributed by atoms with Crippen molar-refractivity contribution in [1.29, 1.82) is 0 Å². The van der Waals surface area contributed by atoms with Crippen LogP contribution in [0.25, 0.3) is 10.9 Å². The lowest BCUT2D eigenvalue weighted by molar-refractivity contribution is 0.0954. The maximum Gasteiger partial charge on any atom is 0.253 e. The molecule has 3 rings (SSSR count). The molecule has 3 aromatic rings. The Bertz CT molecular complexity index is 839. The Balaban J connectivity index is 1.47. The van der Waals surface area contributed by atoms with Gasteiger partial charge in [-0.3, -0.25) is 4.79 Å². The molecule has 4 heteroatoms. The summed E-state index contributed by atoms with van der Waals surface area (Å²) in [4.78, 5) is 18.0. The second-order valence-corrected chi connectivity index (χ2v) is 6.39. The number of unbranched alkanes of at least 4 members (excludes halogenated alkanes) is 1. The van der Waals surface area contributed by atoms with Gasteiger partial charge in [-0.2, -0.15) is 0 Å². The van der Waals surface area contributed by atoms with E-state index in [2.05, 4.69) is 46.5 Å². The molecule has 0 atom stereocenters. The predicted molar refractivity (Wildman–Crippen MR) is 104 cm³/mol. The predicted octanol–water partition coefficient (Wildman–Crippen LogP) is 4.12. The summed E-state index contributed by atoms with van der Waals surface area (Å²) >= 11 is 0. The fraction of sp³-hybridized carbons (Fsp3) is 0.286. The first-order chi connectivity index (χ1) is 12.2. The lowest BCUT2D eigenvalue weighted by Gasteiger charge is -2.19. The van der Waals surface area contributed by atoms with Gasteiger partial charge in [0, 0.05) is 42.4 Å². The number of H-pyrrole nitrogens is 1. The zero-order valence-electron chi connectivity index (χ0n) is 14.9. The van der Waals surface area contributed by atoms with Crippen molar-refractivity contribution in [3.05, 3.63) is 65.9 Å². The van der Waals surface area contributed by atoms with E-state index in [1.807, 2.05) is 37.3 Å². The zero-order chi connectivity index (χ0) is 17.6. The van der Waals surface area contributed by atoms with Gasteiger partial charge >= 0.3 is 0 Å². The van der Waals surface area contributed by atoms with Crippen molar-refractivity contribution >= 4 is 22.5 Å². The van der Waals surface area contributed by atoms with Crippen LogP contribution in [0.15, 0.2) is 54.6 Å². The van der Waals surface area contributed by atoms with E-state index in [0.29, 0.717) is 6.54 Å². The molecule has 0 saturated heterocycles. The highest BCUT2D eigenvalue weighted by atomic mass is 16.1. The highest BCUT2D eigenvalue weighted by Gasteiger charge is 2.14. The average Bonchev–Trinajstić information content (AvgIpc) is 2.97. The average molecular weight is 335 g/mol. The third-order valence-corrected chi connectivity index (χ3v) is 4.52. The summed E-state index contributed by atoms with van der Waals surface area (Å²) in [6.07, 6.45) is 2.00. The molecule has 0 aliphatic carbocycles. The molecule has 0 aliphatic rings. The van der Waals surface area contributed by atoms with Crippen LogP contribution < -0.4 is 10.2 Å². The molecule has 2 aromatic carbocycles. The van der Waals surface area contributed by atoms with E-state index >= 15 is 0 Å². The molecule has 0 radical (unpaired) electrons. The van der Waals surface area contributed by atoms with E-state index in [-0.39, 0.29) is 5.91 Å². The first-order valence-electron chi connectivity index (χ1n) is 8.78. The fourth-order valence-electron chi connectivity index (χ4n) is 3.15. The molecule has 1 heterocycles. The number of carbonyl (C=O) groups is 1. The lowest BCUT2D eigenvalue weighted by Crippen LogP contribution is -2.26. The number of aromatic nitrogens is 1. The van der Waals surface area contributed by atoms with Crippen molar-refractivity contribution < 1.29 is 4.79 Å². The van der Waals surface area contributed by atoms with Crippen molar-refractivity contribution in [2.45, 2.75) is 19.8 Å². The summed E-state index contributed by atoms with van der Waals surface area (Å²) in [6.45, 7) is 3.62. The summed E-state index contributed by atoms with van der Waals surface area (Å²) in [6, 6.07) is 18.3. The standard InChI is InChI=1S/C21H25N3O/c1-16-20(18-12-6-7-13-19(18)23-16)21(25)22-14-8-9-15-24(2)17-10-4-3-5-11-17/h3-7,10-13,23H,8-9,14-15H2,1-2H3,(H,22,25). The summed E-state index contributed by atoms with van der Waals surface area (Å²) < 4.78 is 0. The van der Waals surface area contributed by atoms with Gasteiger partial charge in [-0.15, -0.1) is 0 Å². The number of aromatic amines is 1. The minimum Gasteiger partial charge on any atom is -0.375 e. The van der Waals surface area contributed by atoms with Crippen LogP contribution >= 0.6 is 0 Å². The number of para-hydroxylation sites is 2. The summed E-state index contributed by atoms with van der Waals surface area (Å²) in [7, 11) is 2.10. The molecule has 0 aliphatic heterocycles. The number of hydrogen-bond donors (Lipinski definition) is 2. The summed E-state index contributed by atoms with van der Waals surface area (Å²) in [5.74, 6) is 0.00589. The van der Waals surface area contributed by atoms with Gasteiger partial charge in [0.15, 0.2) is 0 Å². The fourth-order valence-corrected chi connectivity index (χ4v) is 3.15. The zero-order valence-corrected chi connectivity index (χ0v) is 14.9. The van der Waals surface area contributed by atoms with Crippen molar-refractivity contribution in [1.82, 2.24) is 10.3 Å². The minimum atomic E-state index is 0.00589. The van der Waals surface area contributed by atoms with Crippen molar-refractivity contribution in [2.75, 3.05) is 25.0 Å². The maximum atomic E-state index is 12.5. The third kappa shape index (κ3) is 4.02. The van der Waals surface area contributed by atoms with Gasteiger partial charge in [-0.1, -0.05) is 36.4 Å². The van der Waals surface area contributed by atoms with Crippen LogP contribution in [-0.2, 0) is 0 Å². The molecule has 25 heavy (non-hydrogen) atoms. The molecule has 0 saturated carbocycles. The van der Waals surface area contributed by atoms with E-state index in [4.69, 9.17) is 0 Å². The molecular formula is C21H25N3O. The van der Waals surface area contributed by atoms with Crippen LogP contribution in [0.4, 0.5) is 5.69 Å². The van der Waals surface area contributed by atoms with Crippen LogP contribution in [-0.4, -0.2) is 31.0 Å². The van der Waals surface area contributed by atoms with Crippen LogP contribution in [0.3, 0.4) is 0 Å². The van der Waals surface area contributed by atoms with E-state index in [1.54, 1.807) is 0 Å². The number of hydrogen-bond acceptors (Lipinski definition) is 2. The molecule has 1 amide bonds. The largest absolute Gasteiger partial charge is 0.375 e. The van der Waals surface area contributed by atoms with E-state index in [9.17, 15) is 4.79 Å². The molecule has 0 unspecified atom stereocenters. The number of rotatable bonds is 7. The first kappa shape index (κ1) is 17.1. The Morgan fingerprint density at radius 1 is 1.04 bits per heavy atom. The van der Waals surface area contributed by atoms with Crippen LogP contribution in [0.1, 0.15) is 28.9 Å². The highest BCUT2D eigenvalue weighted by Crippen LogP contribution is 2.21. The van der Waals surface area contributed by atoms with E-state index in [1.165, 1.54) is 5.69 Å². The lowest BCUT2D eigenvalue weighted by atomic mass is 10.1. The van der Waals surface area contributed by atoms with Gasteiger partial charge in [0.1, 0.15) is 0 Å². The van der Waals surface area contributed by atoms with Gasteiger partial charge < -0.3 is 15.2 Å². The molecule has 0 fully saturated rings. The van der Waals surface area contributed by atoms with Crippen molar-refractivity contribution in [2.24, 2.45) is 0 Å². The summed E-state index contributed by atoms with van der Waals surface area (Å²) in [5, 5.41) is 4.04. The number of nitrogens with one attached hydrogen (secondary N) is 2. The Labute approximate surface area is 148 Å². The Hall–Kier alpha value is -2.75. The smallest absolute Gasteiger partial charge is 0.253 e. The second-order valence-electron chi connectivity index (χ2n) is 6.39. The van der Waals surface area contributed by atoms with Gasteiger partial charge in [-0.05, 0) is 38.0 Å². The second kappa shape index (κ2) is 7.88. The summed E-state index contributed by atoms with van der Waals surface area (Å²) in [5.41, 5.74) is 3.91. The number of carbonyl (C=O) groups excluding carboxylic acids is 1. The molecule has 1 aromatic heterocycles. The van der Waals surface area contributed by atoms with Crippen LogP contribution in [0, 0.1) is 6.92 Å². The Kier molecular flexibility index (Phi) is 5.39. The molecule has 4 nitrogen and oxygen atoms in total. The van der Waals surface area contributed by atoms with Crippen LogP contribution in [0.5, 0.6) is 0 Å². The monoisotopic (exact) mass is 335 g/mol. The maximum absolute atomic E-state index is 12.5. The normalized spacial score (nSPS) is 10.8. The van der Waals surface area contributed by atoms with E-state index < -0.39 is 0 Å². The number of anilines is 1. The Morgan fingerprint density at radius 3 is 2.56 bits per heavy atom. The van der Waals surface area contributed by atoms with Gasteiger partial charge in [0.25, 0.3) is 5.91 Å². The molecule has 0 bridgehead atoms. The van der Waals surface area contributed by atoms with Crippen molar-refractivity contribution in [3.63, 3.8) is 0 Å². The van der Waals surface area contributed by atoms with Crippen molar-refractivity contribution in [3.8, 4) is 0 Å². The molecule has 0 spiro atoms. The number of fused-ring (bicyclic) bond motifs is 1. The number of aryl methyl sites for hydroxylation is 1.